The van der Waals surface area contributed by atoms with Gasteiger partial charge < -0.3 is 10.1 Å². The highest BCUT2D eigenvalue weighted by Crippen LogP contribution is 2.27. The van der Waals surface area contributed by atoms with Gasteiger partial charge in [-0.15, -0.1) is 11.3 Å². The Kier molecular flexibility index (Phi) is 5.09. The van der Waals surface area contributed by atoms with Crippen LogP contribution in [0.4, 0.5) is 5.69 Å². The molecule has 140 valence electrons. The molecule has 0 saturated heterocycles. The van der Waals surface area contributed by atoms with Gasteiger partial charge in [-0.25, -0.2) is 9.78 Å². The minimum Gasteiger partial charge on any atom is -0.465 e. The number of nitrogens with one attached hydrogen (secondary N) is 1. The third kappa shape index (κ3) is 3.35. The van der Waals surface area contributed by atoms with E-state index in [0.717, 1.165) is 16.9 Å². The third-order valence-electron chi connectivity index (χ3n) is 4.45. The normalized spacial score (nSPS) is 12.0. The van der Waals surface area contributed by atoms with E-state index in [1.54, 1.807) is 19.9 Å². The number of amides is 1. The van der Waals surface area contributed by atoms with Gasteiger partial charge in [0.1, 0.15) is 15.7 Å². The lowest BCUT2D eigenvalue weighted by molar-refractivity contribution is -0.118. The lowest BCUT2D eigenvalue weighted by atomic mass is 10.2. The summed E-state index contributed by atoms with van der Waals surface area (Å²) in [4.78, 5) is 42.5. The molecule has 0 aliphatic carbocycles. The number of hydrogen-bond acceptors (Lipinski definition) is 6. The zero-order valence-corrected chi connectivity index (χ0v) is 16.2. The molecule has 0 bridgehead atoms. The average Bonchev–Trinajstić information content (AvgIpc) is 3.00. The number of aryl methyl sites for hydroxylation is 2. The summed E-state index contributed by atoms with van der Waals surface area (Å²) in [5, 5.41) is 3.16. The van der Waals surface area contributed by atoms with Crippen LogP contribution in [-0.2, 0) is 9.53 Å². The summed E-state index contributed by atoms with van der Waals surface area (Å²) in [5.74, 6) is -0.833. The van der Waals surface area contributed by atoms with E-state index >= 15 is 0 Å². The zero-order chi connectivity index (χ0) is 19.7. The number of benzene rings is 1. The van der Waals surface area contributed by atoms with E-state index < -0.39 is 12.0 Å². The van der Waals surface area contributed by atoms with Gasteiger partial charge in [-0.05, 0) is 38.0 Å². The van der Waals surface area contributed by atoms with Gasteiger partial charge in [0.25, 0.3) is 5.56 Å². The molecule has 1 N–H and O–H groups in total. The van der Waals surface area contributed by atoms with Crippen LogP contribution in [0.15, 0.2) is 35.4 Å². The number of thiophene rings is 1. The first-order valence-electron chi connectivity index (χ1n) is 8.30. The average molecular weight is 385 g/mol. The summed E-state index contributed by atoms with van der Waals surface area (Å²) in [6, 6.07) is 6.64. The molecule has 2 heterocycles. The summed E-state index contributed by atoms with van der Waals surface area (Å²) >= 11 is 1.10. The molecule has 3 rings (SSSR count). The summed E-state index contributed by atoms with van der Waals surface area (Å²) in [6.45, 7) is 5.20. The van der Waals surface area contributed by atoms with E-state index in [1.807, 2.05) is 25.1 Å². The van der Waals surface area contributed by atoms with Gasteiger partial charge in [0.05, 0.1) is 18.8 Å². The smallest absolute Gasteiger partial charge is 0.348 e. The van der Waals surface area contributed by atoms with E-state index in [0.29, 0.717) is 26.3 Å². The maximum absolute atomic E-state index is 12.9. The first kappa shape index (κ1) is 18.8. The van der Waals surface area contributed by atoms with Gasteiger partial charge in [-0.3, -0.25) is 14.2 Å². The second-order valence-electron chi connectivity index (χ2n) is 6.17. The summed E-state index contributed by atoms with van der Waals surface area (Å²) < 4.78 is 6.03. The minimum atomic E-state index is -0.769. The first-order valence-corrected chi connectivity index (χ1v) is 9.11. The van der Waals surface area contributed by atoms with Crippen LogP contribution in [0.1, 0.15) is 33.8 Å². The molecule has 1 amide bonds. The quantitative estimate of drug-likeness (QED) is 0.697. The number of hydrogen-bond donors (Lipinski definition) is 1. The lowest BCUT2D eigenvalue weighted by Crippen LogP contribution is -2.32. The summed E-state index contributed by atoms with van der Waals surface area (Å²) in [5.41, 5.74) is 1.77. The number of carbonyl (C=O) groups is 2. The number of rotatable bonds is 4. The van der Waals surface area contributed by atoms with Gasteiger partial charge in [0.15, 0.2) is 0 Å². The molecule has 0 radical (unpaired) electrons. The van der Waals surface area contributed by atoms with Crippen molar-refractivity contribution in [3.63, 3.8) is 0 Å². The van der Waals surface area contributed by atoms with E-state index in [-0.39, 0.29) is 11.5 Å². The monoisotopic (exact) mass is 385 g/mol. The molecule has 8 heteroatoms. The molecule has 1 atom stereocenters. The summed E-state index contributed by atoms with van der Waals surface area (Å²) in [6.07, 6.45) is 1.34. The number of aromatic nitrogens is 2. The number of ether oxygens (including phenoxy) is 1. The number of esters is 1. The van der Waals surface area contributed by atoms with Gasteiger partial charge >= 0.3 is 5.97 Å². The lowest BCUT2D eigenvalue weighted by Gasteiger charge is -2.16. The molecule has 3 aromatic rings. The Morgan fingerprint density at radius 3 is 2.63 bits per heavy atom. The molecule has 7 nitrogen and oxygen atoms in total. The maximum Gasteiger partial charge on any atom is 0.348 e. The molecular weight excluding hydrogens is 366 g/mol. The standard InChI is InChI=1S/C19H19N3O4S/c1-10-7-5-6-8-13(10)21-16(23)12(3)22-9-20-17-14(18(22)24)11(2)15(27-17)19(25)26-4/h5-9,12H,1-4H3,(H,21,23)/t12-/m0/s1. The predicted octanol–water partition coefficient (Wildman–Crippen LogP) is 3.06. The fourth-order valence-corrected chi connectivity index (χ4v) is 3.83. The number of carbonyl (C=O) groups excluding carboxylic acids is 2. The Morgan fingerprint density at radius 1 is 1.26 bits per heavy atom. The molecule has 1 aromatic carbocycles. The van der Waals surface area contributed by atoms with Gasteiger partial charge in [0.2, 0.25) is 5.91 Å². The predicted molar refractivity (Wildman–Crippen MR) is 104 cm³/mol. The van der Waals surface area contributed by atoms with Crippen molar-refractivity contribution in [1.29, 1.82) is 0 Å². The van der Waals surface area contributed by atoms with Gasteiger partial charge in [-0.1, -0.05) is 18.2 Å². The van der Waals surface area contributed by atoms with Crippen molar-refractivity contribution < 1.29 is 14.3 Å². The van der Waals surface area contributed by atoms with Crippen LogP contribution in [0.5, 0.6) is 0 Å². The van der Waals surface area contributed by atoms with Crippen molar-refractivity contribution in [2.45, 2.75) is 26.8 Å². The number of methoxy groups -OCH3 is 1. The van der Waals surface area contributed by atoms with Crippen LogP contribution in [-0.4, -0.2) is 28.5 Å². The Morgan fingerprint density at radius 2 is 1.96 bits per heavy atom. The SMILES string of the molecule is COC(=O)c1sc2ncn([C@@H](C)C(=O)Nc3ccccc3C)c(=O)c2c1C. The third-order valence-corrected chi connectivity index (χ3v) is 5.63. The molecule has 0 spiro atoms. The van der Waals surface area contributed by atoms with Crippen LogP contribution in [0, 0.1) is 13.8 Å². The van der Waals surface area contributed by atoms with Gasteiger partial charge in [-0.2, -0.15) is 0 Å². The Balaban J connectivity index is 1.99. The largest absolute Gasteiger partial charge is 0.465 e. The first-order chi connectivity index (χ1) is 12.8. The highest BCUT2D eigenvalue weighted by Gasteiger charge is 2.23. The van der Waals surface area contributed by atoms with E-state index in [4.69, 9.17) is 4.74 Å². The molecule has 27 heavy (non-hydrogen) atoms. The fourth-order valence-electron chi connectivity index (χ4n) is 2.78. The van der Waals surface area contributed by atoms with Crippen LogP contribution in [0.2, 0.25) is 0 Å². The van der Waals surface area contributed by atoms with Gasteiger partial charge in [0, 0.05) is 5.69 Å². The van der Waals surface area contributed by atoms with Crippen molar-refractivity contribution in [3.05, 3.63) is 57.0 Å². The zero-order valence-electron chi connectivity index (χ0n) is 15.4. The number of nitrogens with zero attached hydrogens (tertiary/aromatic N) is 2. The van der Waals surface area contributed by atoms with Crippen molar-refractivity contribution in [2.75, 3.05) is 12.4 Å². The molecule has 0 aliphatic heterocycles. The van der Waals surface area contributed by atoms with Crippen molar-refractivity contribution in [3.8, 4) is 0 Å². The van der Waals surface area contributed by atoms with E-state index in [1.165, 1.54) is 18.0 Å². The second kappa shape index (κ2) is 7.32. The van der Waals surface area contributed by atoms with Crippen LogP contribution in [0.25, 0.3) is 10.2 Å². The second-order valence-corrected chi connectivity index (χ2v) is 7.16. The number of para-hydroxylation sites is 1. The maximum atomic E-state index is 12.9. The molecule has 0 aliphatic rings. The van der Waals surface area contributed by atoms with Crippen molar-refractivity contribution in [2.24, 2.45) is 0 Å². The number of fused-ring (bicyclic) bond motifs is 1. The van der Waals surface area contributed by atoms with E-state index in [9.17, 15) is 14.4 Å². The van der Waals surface area contributed by atoms with Crippen LogP contribution in [0.3, 0.4) is 0 Å². The Hall–Kier alpha value is -3.00. The number of anilines is 1. The van der Waals surface area contributed by atoms with Crippen molar-refractivity contribution >= 4 is 39.1 Å². The Bertz CT molecular complexity index is 1100. The van der Waals surface area contributed by atoms with Crippen LogP contribution >= 0.6 is 11.3 Å². The topological polar surface area (TPSA) is 90.3 Å². The highest BCUT2D eigenvalue weighted by atomic mass is 32.1. The minimum absolute atomic E-state index is 0.325. The molecule has 0 fully saturated rings. The molecular formula is C19H19N3O4S. The Labute approximate surface area is 159 Å². The summed E-state index contributed by atoms with van der Waals surface area (Å²) in [7, 11) is 1.29. The fraction of sp³-hybridized carbons (Fsp3) is 0.263. The molecule has 2 aromatic heterocycles. The molecule has 0 saturated carbocycles. The highest BCUT2D eigenvalue weighted by molar-refractivity contribution is 7.20. The van der Waals surface area contributed by atoms with Crippen molar-refractivity contribution in [1.82, 2.24) is 9.55 Å². The van der Waals surface area contributed by atoms with E-state index in [2.05, 4.69) is 10.3 Å². The molecule has 0 unspecified atom stereocenters. The van der Waals surface area contributed by atoms with Crippen LogP contribution < -0.4 is 10.9 Å².